The van der Waals surface area contributed by atoms with Crippen molar-refractivity contribution in [2.75, 3.05) is 6.79 Å². The molecule has 36 heavy (non-hydrogen) atoms. The summed E-state index contributed by atoms with van der Waals surface area (Å²) >= 11 is 1.27. The quantitative estimate of drug-likeness (QED) is 0.265. The molecular weight excluding hydrogens is 474 g/mol. The number of ether oxygens (including phenoxy) is 2. The first kappa shape index (κ1) is 23.6. The average molecular weight is 500 g/mol. The standard InChI is InChI=1S/C28H25N3O4S/c1-3-12-31-15-22(21-10-6-19(27(29)32)13-23(21)31)26(18-7-11-24-25(14-18)35-16-34-24)28(33)30-36-20-8-4-17(2)5-9-20/h3-11,13-15,26H,1,12,16H2,2H3,(H2,29,32)(H,30,33). The second kappa shape index (κ2) is 9.83. The van der Waals surface area contributed by atoms with E-state index in [0.717, 1.165) is 32.5 Å². The molecule has 1 aliphatic heterocycles. The minimum atomic E-state index is -0.648. The number of rotatable bonds is 8. The summed E-state index contributed by atoms with van der Waals surface area (Å²) in [5, 5.41) is 0.847. The van der Waals surface area contributed by atoms with Crippen molar-refractivity contribution in [3.63, 3.8) is 0 Å². The molecule has 182 valence electrons. The van der Waals surface area contributed by atoms with E-state index in [4.69, 9.17) is 15.2 Å². The van der Waals surface area contributed by atoms with Gasteiger partial charge >= 0.3 is 0 Å². The molecule has 8 heteroatoms. The molecule has 1 aliphatic rings. The smallest absolute Gasteiger partial charge is 0.248 e. The molecule has 4 aromatic rings. The van der Waals surface area contributed by atoms with Crippen LogP contribution in [-0.4, -0.2) is 23.2 Å². The minimum Gasteiger partial charge on any atom is -0.454 e. The molecule has 1 unspecified atom stereocenters. The molecule has 5 rings (SSSR count). The normalized spacial score (nSPS) is 12.9. The van der Waals surface area contributed by atoms with E-state index in [2.05, 4.69) is 11.3 Å². The van der Waals surface area contributed by atoms with Crippen LogP contribution < -0.4 is 19.9 Å². The Morgan fingerprint density at radius 2 is 1.89 bits per heavy atom. The number of nitrogens with zero attached hydrogens (tertiary/aromatic N) is 1. The SMILES string of the molecule is C=CCn1cc(C(C(=O)NSc2ccc(C)cc2)c2ccc3c(c2)OCO3)c2ccc(C(N)=O)cc21. The first-order chi connectivity index (χ1) is 17.4. The monoisotopic (exact) mass is 499 g/mol. The van der Waals surface area contributed by atoms with E-state index in [0.29, 0.717) is 23.6 Å². The molecule has 1 atom stereocenters. The lowest BCUT2D eigenvalue weighted by Crippen LogP contribution is -2.25. The predicted molar refractivity (Wildman–Crippen MR) is 140 cm³/mol. The maximum absolute atomic E-state index is 13.8. The number of fused-ring (bicyclic) bond motifs is 2. The summed E-state index contributed by atoms with van der Waals surface area (Å²) in [5.74, 6) is -0.0969. The maximum Gasteiger partial charge on any atom is 0.248 e. The van der Waals surface area contributed by atoms with Gasteiger partial charge in [0, 0.05) is 34.1 Å². The number of benzene rings is 3. The molecule has 0 saturated carbocycles. The molecule has 0 bridgehead atoms. The Bertz CT molecular complexity index is 1480. The lowest BCUT2D eigenvalue weighted by Gasteiger charge is -2.17. The number of aromatic nitrogens is 1. The van der Waals surface area contributed by atoms with Crippen molar-refractivity contribution < 1.29 is 19.1 Å². The van der Waals surface area contributed by atoms with Crippen LogP contribution in [0.2, 0.25) is 0 Å². The topological polar surface area (TPSA) is 95.6 Å². The fraction of sp³-hybridized carbons (Fsp3) is 0.143. The Morgan fingerprint density at radius 3 is 2.64 bits per heavy atom. The van der Waals surface area contributed by atoms with Crippen LogP contribution in [0, 0.1) is 6.92 Å². The Kier molecular flexibility index (Phi) is 6.43. The first-order valence-electron chi connectivity index (χ1n) is 11.4. The van der Waals surface area contributed by atoms with Crippen LogP contribution in [0.25, 0.3) is 10.9 Å². The van der Waals surface area contributed by atoms with Gasteiger partial charge in [-0.25, -0.2) is 0 Å². The van der Waals surface area contributed by atoms with E-state index < -0.39 is 11.8 Å². The van der Waals surface area contributed by atoms with Crippen LogP contribution in [0.1, 0.15) is 33.0 Å². The lowest BCUT2D eigenvalue weighted by molar-refractivity contribution is -0.119. The second-order valence-electron chi connectivity index (χ2n) is 8.55. The lowest BCUT2D eigenvalue weighted by atomic mass is 9.90. The number of allylic oxidation sites excluding steroid dienone is 1. The van der Waals surface area contributed by atoms with Crippen LogP contribution in [0.4, 0.5) is 0 Å². The van der Waals surface area contributed by atoms with Crippen LogP contribution in [0.3, 0.4) is 0 Å². The number of carbonyl (C=O) groups is 2. The largest absolute Gasteiger partial charge is 0.454 e. The fourth-order valence-electron chi connectivity index (χ4n) is 4.33. The second-order valence-corrected chi connectivity index (χ2v) is 9.43. The van der Waals surface area contributed by atoms with E-state index >= 15 is 0 Å². The van der Waals surface area contributed by atoms with E-state index in [9.17, 15) is 9.59 Å². The highest BCUT2D eigenvalue weighted by molar-refractivity contribution is 7.98. The summed E-state index contributed by atoms with van der Waals surface area (Å²) in [6.45, 7) is 6.52. The van der Waals surface area contributed by atoms with Gasteiger partial charge in [0.1, 0.15) is 0 Å². The van der Waals surface area contributed by atoms with Crippen molar-refractivity contribution in [1.29, 1.82) is 0 Å². The number of aryl methyl sites for hydroxylation is 1. The molecule has 1 aromatic heterocycles. The van der Waals surface area contributed by atoms with Gasteiger partial charge in [0.05, 0.1) is 5.92 Å². The third-order valence-electron chi connectivity index (χ3n) is 6.12. The van der Waals surface area contributed by atoms with E-state index in [1.807, 2.05) is 66.2 Å². The van der Waals surface area contributed by atoms with Gasteiger partial charge in [0.2, 0.25) is 18.6 Å². The summed E-state index contributed by atoms with van der Waals surface area (Å²) in [5.41, 5.74) is 9.43. The van der Waals surface area contributed by atoms with Crippen LogP contribution in [-0.2, 0) is 11.3 Å². The van der Waals surface area contributed by atoms with Crippen molar-refractivity contribution in [2.24, 2.45) is 5.73 Å². The number of nitrogens with two attached hydrogens (primary N) is 1. The molecule has 3 aromatic carbocycles. The molecule has 2 heterocycles. The summed E-state index contributed by atoms with van der Waals surface area (Å²) < 4.78 is 16.0. The Hall–Kier alpha value is -4.17. The molecule has 0 saturated heterocycles. The van der Waals surface area contributed by atoms with Gasteiger partial charge in [0.25, 0.3) is 0 Å². The van der Waals surface area contributed by atoms with Gasteiger partial charge in [-0.3, -0.25) is 14.3 Å². The van der Waals surface area contributed by atoms with Crippen LogP contribution >= 0.6 is 11.9 Å². The Morgan fingerprint density at radius 1 is 1.11 bits per heavy atom. The third-order valence-corrected chi connectivity index (χ3v) is 6.93. The van der Waals surface area contributed by atoms with Gasteiger partial charge in [-0.1, -0.05) is 35.9 Å². The van der Waals surface area contributed by atoms with Crippen molar-refractivity contribution >= 4 is 34.7 Å². The highest BCUT2D eigenvalue weighted by atomic mass is 32.2. The van der Waals surface area contributed by atoms with E-state index in [1.54, 1.807) is 18.2 Å². The molecule has 3 N–H and O–H groups in total. The molecule has 0 spiro atoms. The third kappa shape index (κ3) is 4.55. The van der Waals surface area contributed by atoms with Gasteiger partial charge < -0.3 is 19.8 Å². The van der Waals surface area contributed by atoms with Crippen molar-refractivity contribution in [3.05, 3.63) is 102 Å². The van der Waals surface area contributed by atoms with Crippen molar-refractivity contribution in [2.45, 2.75) is 24.3 Å². The molecule has 0 fully saturated rings. The summed E-state index contributed by atoms with van der Waals surface area (Å²) in [7, 11) is 0. The van der Waals surface area contributed by atoms with E-state index in [-0.39, 0.29) is 12.7 Å². The molecular formula is C28H25N3O4S. The minimum absolute atomic E-state index is 0.146. The van der Waals surface area contributed by atoms with Crippen molar-refractivity contribution in [1.82, 2.24) is 9.29 Å². The van der Waals surface area contributed by atoms with E-state index in [1.165, 1.54) is 11.9 Å². The average Bonchev–Trinajstić information content (AvgIpc) is 3.48. The first-order valence-corrected chi connectivity index (χ1v) is 12.2. The summed E-state index contributed by atoms with van der Waals surface area (Å²) in [6, 6.07) is 18.8. The van der Waals surface area contributed by atoms with Gasteiger partial charge in [-0.2, -0.15) is 0 Å². The van der Waals surface area contributed by atoms with Crippen LogP contribution in [0.15, 0.2) is 84.4 Å². The number of carbonyl (C=O) groups excluding carboxylic acids is 2. The fourth-order valence-corrected chi connectivity index (χ4v) is 4.94. The van der Waals surface area contributed by atoms with Gasteiger partial charge in [0.15, 0.2) is 11.5 Å². The zero-order valence-electron chi connectivity index (χ0n) is 19.7. The molecule has 0 aliphatic carbocycles. The Labute approximate surface area is 213 Å². The Balaban J connectivity index is 1.59. The number of hydrogen-bond donors (Lipinski definition) is 2. The van der Waals surface area contributed by atoms with Crippen molar-refractivity contribution in [3.8, 4) is 11.5 Å². The zero-order valence-corrected chi connectivity index (χ0v) is 20.5. The zero-order chi connectivity index (χ0) is 25.2. The summed E-state index contributed by atoms with van der Waals surface area (Å²) in [4.78, 5) is 26.5. The highest BCUT2D eigenvalue weighted by Crippen LogP contribution is 2.39. The number of amides is 2. The number of primary amides is 1. The predicted octanol–water partition coefficient (Wildman–Crippen LogP) is 4.92. The maximum atomic E-state index is 13.8. The molecule has 2 amide bonds. The van der Waals surface area contributed by atoms with Gasteiger partial charge in [-0.15, -0.1) is 6.58 Å². The highest BCUT2D eigenvalue weighted by Gasteiger charge is 2.29. The molecule has 7 nitrogen and oxygen atoms in total. The summed E-state index contributed by atoms with van der Waals surface area (Å²) in [6.07, 6.45) is 3.70. The molecule has 0 radical (unpaired) electrons. The van der Waals surface area contributed by atoms with Crippen LogP contribution in [0.5, 0.6) is 11.5 Å². The number of nitrogens with one attached hydrogen (secondary N) is 1. The van der Waals surface area contributed by atoms with Gasteiger partial charge in [-0.05, 0) is 66.4 Å². The number of hydrogen-bond acceptors (Lipinski definition) is 5.